The highest BCUT2D eigenvalue weighted by atomic mass is 32.2. The van der Waals surface area contributed by atoms with Gasteiger partial charge in [-0.1, -0.05) is 12.1 Å². The van der Waals surface area contributed by atoms with Crippen LogP contribution in [0, 0.1) is 0 Å². The van der Waals surface area contributed by atoms with Crippen molar-refractivity contribution >= 4 is 40.9 Å². The van der Waals surface area contributed by atoms with Crippen LogP contribution in [0.25, 0.3) is 6.08 Å². The van der Waals surface area contributed by atoms with Gasteiger partial charge in [-0.25, -0.2) is 4.79 Å². The summed E-state index contributed by atoms with van der Waals surface area (Å²) in [5, 5.41) is -0.440. The first kappa shape index (κ1) is 20.9. The normalized spacial score (nSPS) is 18.3. The zero-order valence-electron chi connectivity index (χ0n) is 16.1. The fourth-order valence-corrected chi connectivity index (χ4v) is 3.87. The number of benzene rings is 1. The second-order valence-electron chi connectivity index (χ2n) is 6.64. The van der Waals surface area contributed by atoms with E-state index in [4.69, 9.17) is 4.74 Å². The number of ether oxygens (including phenoxy) is 2. The van der Waals surface area contributed by atoms with E-state index in [9.17, 15) is 19.2 Å². The Hall–Kier alpha value is -2.81. The summed E-state index contributed by atoms with van der Waals surface area (Å²) in [6.45, 7) is 0.937. The number of thioether (sulfide) groups is 1. The predicted molar refractivity (Wildman–Crippen MR) is 107 cm³/mol. The number of rotatable bonds is 6. The molecular weight excluding hydrogens is 396 g/mol. The van der Waals surface area contributed by atoms with Gasteiger partial charge in [-0.15, -0.1) is 0 Å². The lowest BCUT2D eigenvalue weighted by Crippen LogP contribution is -2.44. The number of nitrogens with zero attached hydrogens (tertiary/aromatic N) is 2. The first-order valence-electron chi connectivity index (χ1n) is 9.31. The van der Waals surface area contributed by atoms with Gasteiger partial charge in [-0.05, 0) is 54.8 Å². The number of piperidine rings is 1. The lowest BCUT2D eigenvalue weighted by Gasteiger charge is -2.27. The third kappa shape index (κ3) is 5.38. The molecule has 0 atom stereocenters. The molecule has 9 heteroatoms. The van der Waals surface area contributed by atoms with Crippen molar-refractivity contribution in [2.75, 3.05) is 33.4 Å². The van der Waals surface area contributed by atoms with E-state index >= 15 is 0 Å². The molecule has 0 N–H and O–H groups in total. The third-order valence-electron chi connectivity index (χ3n) is 4.64. The van der Waals surface area contributed by atoms with Gasteiger partial charge in [0.1, 0.15) is 12.3 Å². The first-order chi connectivity index (χ1) is 14.0. The van der Waals surface area contributed by atoms with Gasteiger partial charge in [0.2, 0.25) is 5.91 Å². The number of methoxy groups -OCH3 is 1. The summed E-state index contributed by atoms with van der Waals surface area (Å²) in [5.74, 6) is -0.661. The molecule has 0 aromatic heterocycles. The van der Waals surface area contributed by atoms with Crippen molar-refractivity contribution < 1.29 is 28.7 Å². The smallest absolute Gasteiger partial charge is 0.343 e. The van der Waals surface area contributed by atoms with Crippen LogP contribution in [0.1, 0.15) is 24.8 Å². The predicted octanol–water partition coefficient (Wildman–Crippen LogP) is 2.29. The van der Waals surface area contributed by atoms with Gasteiger partial charge in [0, 0.05) is 13.1 Å². The minimum absolute atomic E-state index is 0.194. The van der Waals surface area contributed by atoms with Gasteiger partial charge in [-0.2, -0.15) is 0 Å². The quantitative estimate of drug-likeness (QED) is 0.517. The molecule has 2 aliphatic rings. The molecule has 2 saturated heterocycles. The van der Waals surface area contributed by atoms with Crippen LogP contribution in [-0.4, -0.2) is 66.2 Å². The van der Waals surface area contributed by atoms with Gasteiger partial charge >= 0.3 is 5.97 Å². The molecule has 0 unspecified atom stereocenters. The molecule has 0 aliphatic carbocycles. The molecule has 2 aliphatic heterocycles. The molecule has 1 aromatic rings. The van der Waals surface area contributed by atoms with Crippen LogP contribution in [0.5, 0.6) is 5.75 Å². The Morgan fingerprint density at radius 2 is 1.79 bits per heavy atom. The number of amides is 3. The van der Waals surface area contributed by atoms with E-state index in [1.807, 2.05) is 0 Å². The maximum atomic E-state index is 12.6. The number of imide groups is 1. The van der Waals surface area contributed by atoms with E-state index in [2.05, 4.69) is 4.74 Å². The van der Waals surface area contributed by atoms with Crippen molar-refractivity contribution in [3.05, 3.63) is 34.7 Å². The van der Waals surface area contributed by atoms with Crippen molar-refractivity contribution in [2.24, 2.45) is 0 Å². The molecule has 154 valence electrons. The van der Waals surface area contributed by atoms with Crippen LogP contribution in [0.4, 0.5) is 4.79 Å². The van der Waals surface area contributed by atoms with Crippen LogP contribution in [0.15, 0.2) is 29.2 Å². The second kappa shape index (κ2) is 9.60. The maximum absolute atomic E-state index is 12.6. The number of hydrogen-bond donors (Lipinski definition) is 0. The third-order valence-corrected chi connectivity index (χ3v) is 5.55. The van der Waals surface area contributed by atoms with Crippen molar-refractivity contribution in [1.82, 2.24) is 9.80 Å². The van der Waals surface area contributed by atoms with Gasteiger partial charge in [0.15, 0.2) is 6.61 Å². The highest BCUT2D eigenvalue weighted by molar-refractivity contribution is 8.18. The zero-order valence-corrected chi connectivity index (χ0v) is 16.9. The van der Waals surface area contributed by atoms with E-state index in [-0.39, 0.29) is 24.0 Å². The van der Waals surface area contributed by atoms with Crippen LogP contribution in [0.2, 0.25) is 0 Å². The highest BCUT2D eigenvalue weighted by Gasteiger charge is 2.37. The Labute approximate surface area is 172 Å². The molecule has 2 fully saturated rings. The molecule has 2 heterocycles. The molecule has 0 saturated carbocycles. The summed E-state index contributed by atoms with van der Waals surface area (Å²) < 4.78 is 9.77. The molecule has 0 bridgehead atoms. The first-order valence-corrected chi connectivity index (χ1v) is 10.1. The van der Waals surface area contributed by atoms with Crippen molar-refractivity contribution in [2.45, 2.75) is 19.3 Å². The number of carbonyl (C=O) groups excluding carboxylic acids is 4. The zero-order chi connectivity index (χ0) is 20.8. The molecule has 8 nitrogen and oxygen atoms in total. The number of likely N-dealkylation sites (tertiary alicyclic amines) is 1. The minimum atomic E-state index is -0.484. The Kier molecular flexibility index (Phi) is 6.92. The van der Waals surface area contributed by atoms with Gasteiger partial charge in [-0.3, -0.25) is 19.3 Å². The Bertz CT molecular complexity index is 830. The number of esters is 1. The summed E-state index contributed by atoms with van der Waals surface area (Å²) in [6, 6.07) is 6.72. The highest BCUT2D eigenvalue weighted by Crippen LogP contribution is 2.32. The monoisotopic (exact) mass is 418 g/mol. The van der Waals surface area contributed by atoms with Crippen molar-refractivity contribution in [1.29, 1.82) is 0 Å². The van der Waals surface area contributed by atoms with E-state index in [0.29, 0.717) is 24.4 Å². The van der Waals surface area contributed by atoms with Crippen molar-refractivity contribution in [3.63, 3.8) is 0 Å². The van der Waals surface area contributed by atoms with Gasteiger partial charge in [0.25, 0.3) is 11.1 Å². The summed E-state index contributed by atoms with van der Waals surface area (Å²) in [4.78, 5) is 51.3. The average Bonchev–Trinajstić information content (AvgIpc) is 3.00. The fraction of sp³-hybridized carbons (Fsp3) is 0.400. The fourth-order valence-electron chi connectivity index (χ4n) is 3.03. The van der Waals surface area contributed by atoms with Crippen LogP contribution >= 0.6 is 11.8 Å². The number of hydrogen-bond acceptors (Lipinski definition) is 7. The Morgan fingerprint density at radius 3 is 2.45 bits per heavy atom. The van der Waals surface area contributed by atoms with Crippen LogP contribution < -0.4 is 4.74 Å². The molecular formula is C20H22N2O6S. The van der Waals surface area contributed by atoms with E-state index in [1.165, 1.54) is 7.11 Å². The summed E-state index contributed by atoms with van der Waals surface area (Å²) in [7, 11) is 1.28. The molecule has 0 radical (unpaired) electrons. The SMILES string of the molecule is COC(=O)COc1ccc(/C=C2\SC(=O)N(CC(=O)N3CCCCC3)C2=O)cc1. The van der Waals surface area contributed by atoms with Gasteiger partial charge < -0.3 is 14.4 Å². The van der Waals surface area contributed by atoms with Gasteiger partial charge in [0.05, 0.1) is 12.0 Å². The summed E-state index contributed by atoms with van der Waals surface area (Å²) in [6.07, 6.45) is 4.60. The van der Waals surface area contributed by atoms with Crippen LogP contribution in [0.3, 0.4) is 0 Å². The topological polar surface area (TPSA) is 93.2 Å². The Balaban J connectivity index is 1.61. The molecule has 0 spiro atoms. The van der Waals surface area contributed by atoms with E-state index in [0.717, 1.165) is 35.9 Å². The maximum Gasteiger partial charge on any atom is 0.343 e. The van der Waals surface area contributed by atoms with E-state index in [1.54, 1.807) is 35.2 Å². The molecule has 3 rings (SSSR count). The Morgan fingerprint density at radius 1 is 1.10 bits per heavy atom. The molecule has 1 aromatic carbocycles. The number of carbonyl (C=O) groups is 4. The summed E-state index contributed by atoms with van der Waals surface area (Å²) in [5.41, 5.74) is 0.697. The minimum Gasteiger partial charge on any atom is -0.482 e. The average molecular weight is 418 g/mol. The van der Waals surface area contributed by atoms with Crippen LogP contribution in [-0.2, 0) is 19.1 Å². The largest absolute Gasteiger partial charge is 0.482 e. The van der Waals surface area contributed by atoms with Crippen molar-refractivity contribution in [3.8, 4) is 5.75 Å². The second-order valence-corrected chi connectivity index (χ2v) is 7.64. The molecule has 3 amide bonds. The lowest BCUT2D eigenvalue weighted by atomic mass is 10.1. The van der Waals surface area contributed by atoms with E-state index < -0.39 is 17.1 Å². The summed E-state index contributed by atoms with van der Waals surface area (Å²) >= 11 is 0.822. The molecule has 29 heavy (non-hydrogen) atoms. The standard InChI is InChI=1S/C20H22N2O6S/c1-27-18(24)13-28-15-7-5-14(6-8-15)11-16-19(25)22(20(26)29-16)12-17(23)21-9-3-2-4-10-21/h5-8,11H,2-4,9-10,12-13H2,1H3/b16-11-. The lowest BCUT2D eigenvalue weighted by molar-refractivity contribution is -0.143.